The molecule has 0 spiro atoms. The van der Waals surface area contributed by atoms with Crippen LogP contribution in [0.3, 0.4) is 0 Å². The third-order valence-corrected chi connectivity index (χ3v) is 2.01. The fraction of sp³-hybridized carbons (Fsp3) is 0.538. The molecule has 1 aromatic carbocycles. The molecular weight excluding hydrogens is 202 g/mol. The van der Waals surface area contributed by atoms with Crippen molar-refractivity contribution >= 4 is 0 Å². The lowest BCUT2D eigenvalue weighted by atomic mass is 10.0. The Morgan fingerprint density at radius 1 is 1.12 bits per heavy atom. The van der Waals surface area contributed by atoms with Gasteiger partial charge in [-0.3, -0.25) is 0 Å². The summed E-state index contributed by atoms with van der Waals surface area (Å²) in [5.41, 5.74) is 6.59. The second-order valence-electron chi connectivity index (χ2n) is 4.98. The van der Waals surface area contributed by atoms with Crippen molar-refractivity contribution in [3.8, 4) is 0 Å². The maximum atomic E-state index is 5.89. The van der Waals surface area contributed by atoms with E-state index in [9.17, 15) is 0 Å². The van der Waals surface area contributed by atoms with E-state index in [1.807, 2.05) is 58.0 Å². The van der Waals surface area contributed by atoms with Crippen molar-refractivity contribution in [1.29, 1.82) is 0 Å². The molecule has 1 aromatic rings. The van der Waals surface area contributed by atoms with E-state index in [0.717, 1.165) is 5.56 Å². The summed E-state index contributed by atoms with van der Waals surface area (Å²) in [4.78, 5) is 10.8. The summed E-state index contributed by atoms with van der Waals surface area (Å²) in [6.45, 7) is 7.73. The first-order chi connectivity index (χ1) is 7.40. The Labute approximate surface area is 97.5 Å². The van der Waals surface area contributed by atoms with Gasteiger partial charge in [0.25, 0.3) is 0 Å². The topological polar surface area (TPSA) is 44.5 Å². The standard InChI is InChI=1S/C13H21NO2/c1-10(14)12(15-16-13(2,3)4)11-8-6-5-7-9-11/h5-10,12H,14H2,1-4H3. The second-order valence-corrected chi connectivity index (χ2v) is 4.98. The van der Waals surface area contributed by atoms with Gasteiger partial charge in [-0.05, 0) is 33.3 Å². The normalized spacial score (nSPS) is 15.8. The van der Waals surface area contributed by atoms with Gasteiger partial charge < -0.3 is 5.73 Å². The molecule has 2 atom stereocenters. The van der Waals surface area contributed by atoms with Crippen molar-refractivity contribution in [3.63, 3.8) is 0 Å². The fourth-order valence-corrected chi connectivity index (χ4v) is 1.29. The van der Waals surface area contributed by atoms with Crippen LogP contribution in [0.2, 0.25) is 0 Å². The number of benzene rings is 1. The van der Waals surface area contributed by atoms with Gasteiger partial charge >= 0.3 is 0 Å². The summed E-state index contributed by atoms with van der Waals surface area (Å²) >= 11 is 0. The minimum absolute atomic E-state index is 0.121. The van der Waals surface area contributed by atoms with Crippen molar-refractivity contribution in [3.05, 3.63) is 35.9 Å². The van der Waals surface area contributed by atoms with Gasteiger partial charge in [-0.2, -0.15) is 0 Å². The molecule has 0 bridgehead atoms. The maximum absolute atomic E-state index is 5.89. The SMILES string of the molecule is CC(N)C(OOC(C)(C)C)c1ccccc1. The summed E-state index contributed by atoms with van der Waals surface area (Å²) in [7, 11) is 0. The van der Waals surface area contributed by atoms with Crippen molar-refractivity contribution < 1.29 is 9.78 Å². The van der Waals surface area contributed by atoms with E-state index in [1.165, 1.54) is 0 Å². The molecule has 0 aliphatic rings. The first kappa shape index (κ1) is 13.2. The van der Waals surface area contributed by atoms with E-state index in [4.69, 9.17) is 15.5 Å². The molecular formula is C13H21NO2. The molecule has 0 saturated heterocycles. The third kappa shape index (κ3) is 4.31. The largest absolute Gasteiger partial charge is 0.325 e. The highest BCUT2D eigenvalue weighted by Gasteiger charge is 2.21. The van der Waals surface area contributed by atoms with E-state index in [-0.39, 0.29) is 17.7 Å². The highest BCUT2D eigenvalue weighted by atomic mass is 17.2. The molecule has 2 unspecified atom stereocenters. The molecule has 0 aliphatic carbocycles. The predicted octanol–water partition coefficient (Wildman–Crippen LogP) is 2.82. The van der Waals surface area contributed by atoms with Gasteiger partial charge in [0.05, 0.1) is 5.60 Å². The number of hydrogen-bond acceptors (Lipinski definition) is 3. The summed E-state index contributed by atoms with van der Waals surface area (Å²) in [5.74, 6) is 0. The van der Waals surface area contributed by atoms with Crippen LogP contribution in [-0.2, 0) is 9.78 Å². The van der Waals surface area contributed by atoms with E-state index in [2.05, 4.69) is 0 Å². The van der Waals surface area contributed by atoms with E-state index < -0.39 is 0 Å². The quantitative estimate of drug-likeness (QED) is 0.630. The van der Waals surface area contributed by atoms with Crippen molar-refractivity contribution in [1.82, 2.24) is 0 Å². The fourth-order valence-electron chi connectivity index (χ4n) is 1.29. The number of hydrogen-bond donors (Lipinski definition) is 1. The van der Waals surface area contributed by atoms with Gasteiger partial charge in [0.1, 0.15) is 6.10 Å². The molecule has 0 heterocycles. The first-order valence-corrected chi connectivity index (χ1v) is 5.55. The monoisotopic (exact) mass is 223 g/mol. The summed E-state index contributed by atoms with van der Waals surface area (Å²) < 4.78 is 0. The zero-order valence-electron chi connectivity index (χ0n) is 10.4. The van der Waals surface area contributed by atoms with Crippen LogP contribution < -0.4 is 5.73 Å². The molecule has 90 valence electrons. The van der Waals surface area contributed by atoms with Gasteiger partial charge in [0.2, 0.25) is 0 Å². The number of rotatable bonds is 4. The minimum atomic E-state index is -0.331. The van der Waals surface area contributed by atoms with Gasteiger partial charge in [0, 0.05) is 6.04 Å². The lowest BCUT2D eigenvalue weighted by Crippen LogP contribution is -2.30. The molecule has 0 radical (unpaired) electrons. The molecule has 1 rings (SSSR count). The molecule has 2 N–H and O–H groups in total. The summed E-state index contributed by atoms with van der Waals surface area (Å²) in [6.07, 6.45) is -0.236. The highest BCUT2D eigenvalue weighted by molar-refractivity contribution is 5.18. The molecule has 0 aliphatic heterocycles. The highest BCUT2D eigenvalue weighted by Crippen LogP contribution is 2.22. The smallest absolute Gasteiger partial charge is 0.133 e. The molecule has 0 aromatic heterocycles. The minimum Gasteiger partial charge on any atom is -0.325 e. The average Bonchev–Trinajstić information content (AvgIpc) is 2.17. The molecule has 0 saturated carbocycles. The van der Waals surface area contributed by atoms with Crippen LogP contribution in [0, 0.1) is 0 Å². The van der Waals surface area contributed by atoms with Crippen LogP contribution >= 0.6 is 0 Å². The van der Waals surface area contributed by atoms with Crippen LogP contribution in [0.25, 0.3) is 0 Å². The van der Waals surface area contributed by atoms with E-state index in [1.54, 1.807) is 0 Å². The average molecular weight is 223 g/mol. The van der Waals surface area contributed by atoms with Gasteiger partial charge in [0.15, 0.2) is 0 Å². The van der Waals surface area contributed by atoms with Crippen LogP contribution in [0.15, 0.2) is 30.3 Å². The first-order valence-electron chi connectivity index (χ1n) is 5.55. The third-order valence-electron chi connectivity index (χ3n) is 2.01. The molecule has 3 heteroatoms. The molecule has 0 amide bonds. The Hall–Kier alpha value is -0.900. The van der Waals surface area contributed by atoms with Crippen LogP contribution in [-0.4, -0.2) is 11.6 Å². The van der Waals surface area contributed by atoms with Crippen molar-refractivity contribution in [2.24, 2.45) is 5.73 Å². The Balaban J connectivity index is 2.70. The Morgan fingerprint density at radius 3 is 2.12 bits per heavy atom. The maximum Gasteiger partial charge on any atom is 0.133 e. The Morgan fingerprint density at radius 2 is 1.69 bits per heavy atom. The zero-order chi connectivity index (χ0) is 12.2. The van der Waals surface area contributed by atoms with Crippen molar-refractivity contribution in [2.45, 2.75) is 45.4 Å². The summed E-state index contributed by atoms with van der Waals surface area (Å²) in [6, 6.07) is 9.74. The van der Waals surface area contributed by atoms with Gasteiger partial charge in [-0.1, -0.05) is 30.3 Å². The predicted molar refractivity (Wildman–Crippen MR) is 64.8 cm³/mol. The molecule has 3 nitrogen and oxygen atoms in total. The molecule has 16 heavy (non-hydrogen) atoms. The second kappa shape index (κ2) is 5.43. The zero-order valence-corrected chi connectivity index (χ0v) is 10.4. The Bertz CT molecular complexity index is 303. The number of nitrogens with two attached hydrogens (primary N) is 1. The summed E-state index contributed by atoms with van der Waals surface area (Å²) in [5, 5.41) is 0. The van der Waals surface area contributed by atoms with Crippen LogP contribution in [0.1, 0.15) is 39.4 Å². The van der Waals surface area contributed by atoms with Crippen LogP contribution in [0.5, 0.6) is 0 Å². The van der Waals surface area contributed by atoms with Gasteiger partial charge in [-0.25, -0.2) is 9.78 Å². The Kier molecular flexibility index (Phi) is 4.47. The van der Waals surface area contributed by atoms with E-state index >= 15 is 0 Å². The lowest BCUT2D eigenvalue weighted by Gasteiger charge is -2.25. The van der Waals surface area contributed by atoms with Gasteiger partial charge in [-0.15, -0.1) is 0 Å². The van der Waals surface area contributed by atoms with E-state index in [0.29, 0.717) is 0 Å². The molecule has 0 fully saturated rings. The van der Waals surface area contributed by atoms with Crippen LogP contribution in [0.4, 0.5) is 0 Å². The lowest BCUT2D eigenvalue weighted by molar-refractivity contribution is -0.378. The van der Waals surface area contributed by atoms with Crippen molar-refractivity contribution in [2.75, 3.05) is 0 Å².